The van der Waals surface area contributed by atoms with Gasteiger partial charge in [0.15, 0.2) is 5.69 Å². The number of esters is 1. The van der Waals surface area contributed by atoms with Crippen molar-refractivity contribution in [3.8, 4) is 28.2 Å². The molecule has 0 aliphatic heterocycles. The molecule has 0 saturated heterocycles. The molecule has 2 N–H and O–H groups in total. The molecule has 2 aromatic carbocycles. The van der Waals surface area contributed by atoms with Gasteiger partial charge in [0.2, 0.25) is 5.13 Å². The van der Waals surface area contributed by atoms with E-state index in [0.29, 0.717) is 40.7 Å². The van der Waals surface area contributed by atoms with E-state index in [-0.39, 0.29) is 22.8 Å². The van der Waals surface area contributed by atoms with Crippen molar-refractivity contribution in [2.45, 2.75) is 44.4 Å². The summed E-state index contributed by atoms with van der Waals surface area (Å²) in [7, 11) is -1.95. The molecule has 11 heteroatoms. The third-order valence-electron chi connectivity index (χ3n) is 6.52. The maximum Gasteiger partial charge on any atom is 0.357 e. The fraction of sp³-hybridized carbons (Fsp3) is 0.276. The van der Waals surface area contributed by atoms with Crippen LogP contribution < -0.4 is 5.14 Å². The summed E-state index contributed by atoms with van der Waals surface area (Å²) in [4.78, 5) is 16.7. The number of nitrogens with zero attached hydrogens (tertiary/aromatic N) is 3. The molecule has 0 radical (unpaired) electrons. The first-order valence-corrected chi connectivity index (χ1v) is 14.8. The third-order valence-corrected chi connectivity index (χ3v) is 8.10. The first-order chi connectivity index (χ1) is 19.3. The van der Waals surface area contributed by atoms with E-state index in [1.807, 2.05) is 0 Å². The minimum absolute atomic E-state index is 0.0755. The number of hydrogen-bond donors (Lipinski definition) is 1. The quantitative estimate of drug-likeness (QED) is 0.213. The minimum Gasteiger partial charge on any atom is -0.461 e. The highest BCUT2D eigenvalue weighted by molar-refractivity contribution is 7.82. The van der Waals surface area contributed by atoms with Crippen molar-refractivity contribution >= 4 is 28.3 Å². The Bertz CT molecular complexity index is 1680. The lowest BCUT2D eigenvalue weighted by Gasteiger charge is -2.10. The van der Waals surface area contributed by atoms with Crippen molar-refractivity contribution in [2.75, 3.05) is 6.61 Å². The van der Waals surface area contributed by atoms with Crippen molar-refractivity contribution in [3.05, 3.63) is 81.5 Å². The summed E-state index contributed by atoms with van der Waals surface area (Å²) < 4.78 is 47.7. The van der Waals surface area contributed by atoms with Crippen molar-refractivity contribution in [1.29, 1.82) is 0 Å². The molecule has 40 heavy (non-hydrogen) atoms. The lowest BCUT2D eigenvalue weighted by Crippen LogP contribution is -2.08. The number of carbonyl (C=O) groups is 1. The molecule has 2 heterocycles. The van der Waals surface area contributed by atoms with Gasteiger partial charge in [-0.15, -0.1) is 17.3 Å². The Labute approximate surface area is 237 Å². The number of nitrogens with two attached hydrogens (primary N) is 1. The van der Waals surface area contributed by atoms with E-state index in [0.717, 1.165) is 24.1 Å². The third kappa shape index (κ3) is 5.89. The van der Waals surface area contributed by atoms with Crippen LogP contribution >= 0.6 is 11.3 Å². The number of hydrogen-bond acceptors (Lipinski definition) is 6. The molecular formula is C29H26F2N4O3S2. The zero-order chi connectivity index (χ0) is 28.4. The summed E-state index contributed by atoms with van der Waals surface area (Å²) in [6.45, 7) is 3.59. The molecule has 4 aromatic rings. The normalized spacial score (nSPS) is 13.5. The summed E-state index contributed by atoms with van der Waals surface area (Å²) in [6, 6.07) is 9.07. The number of benzene rings is 2. The van der Waals surface area contributed by atoms with E-state index in [1.165, 1.54) is 29.5 Å². The monoisotopic (exact) mass is 580 g/mol. The summed E-state index contributed by atoms with van der Waals surface area (Å²) in [5, 5.41) is 12.4. The SMILES string of the molecule is CC#Cc1cc(-c2nn(-c3nc(C(=O)OCC)cs3)c(CC3CC3)c2Cc2ccc(S(N)=O)c(F)c2)ccc1F. The zero-order valence-electron chi connectivity index (χ0n) is 21.9. The second-order valence-corrected chi connectivity index (χ2v) is 11.2. The molecule has 1 unspecified atom stereocenters. The van der Waals surface area contributed by atoms with Crippen molar-refractivity contribution in [1.82, 2.24) is 14.8 Å². The first-order valence-electron chi connectivity index (χ1n) is 12.7. The van der Waals surface area contributed by atoms with Crippen LogP contribution in [0.2, 0.25) is 0 Å². The molecule has 206 valence electrons. The van der Waals surface area contributed by atoms with Crippen molar-refractivity contribution < 1.29 is 22.5 Å². The molecule has 1 fully saturated rings. The van der Waals surface area contributed by atoms with Crippen LogP contribution in [0.15, 0.2) is 46.7 Å². The summed E-state index contributed by atoms with van der Waals surface area (Å²) in [5.74, 6) is 4.37. The first kappa shape index (κ1) is 27.8. The van der Waals surface area contributed by atoms with Crippen LogP contribution in [0.25, 0.3) is 16.4 Å². The highest BCUT2D eigenvalue weighted by atomic mass is 32.2. The second kappa shape index (κ2) is 11.8. The largest absolute Gasteiger partial charge is 0.461 e. The van der Waals surface area contributed by atoms with Gasteiger partial charge in [-0.1, -0.05) is 12.0 Å². The minimum atomic E-state index is -1.95. The average Bonchev–Trinajstić information content (AvgIpc) is 3.48. The molecule has 1 saturated carbocycles. The highest BCUT2D eigenvalue weighted by Gasteiger charge is 2.29. The van der Waals surface area contributed by atoms with Crippen LogP contribution in [0.4, 0.5) is 8.78 Å². The predicted octanol–water partition coefficient (Wildman–Crippen LogP) is 5.35. The fourth-order valence-electron chi connectivity index (χ4n) is 4.45. The molecular weight excluding hydrogens is 554 g/mol. The van der Waals surface area contributed by atoms with Gasteiger partial charge in [0.05, 0.1) is 28.5 Å². The van der Waals surface area contributed by atoms with Crippen LogP contribution in [0.5, 0.6) is 0 Å². The Kier molecular flexibility index (Phi) is 8.21. The molecule has 7 nitrogen and oxygen atoms in total. The molecule has 5 rings (SSSR count). The van der Waals surface area contributed by atoms with E-state index < -0.39 is 28.6 Å². The number of thiazole rings is 1. The fourth-order valence-corrected chi connectivity index (χ4v) is 5.67. The highest BCUT2D eigenvalue weighted by Crippen LogP contribution is 2.38. The Hall–Kier alpha value is -3.72. The van der Waals surface area contributed by atoms with E-state index in [4.69, 9.17) is 15.0 Å². The van der Waals surface area contributed by atoms with Gasteiger partial charge >= 0.3 is 5.97 Å². The van der Waals surface area contributed by atoms with E-state index in [1.54, 1.807) is 42.1 Å². The Balaban J connectivity index is 1.68. The van der Waals surface area contributed by atoms with Gasteiger partial charge in [-0.2, -0.15) is 5.10 Å². The molecule has 2 aromatic heterocycles. The van der Waals surface area contributed by atoms with Gasteiger partial charge in [0.1, 0.15) is 22.6 Å². The molecule has 1 aliphatic rings. The lowest BCUT2D eigenvalue weighted by atomic mass is 9.96. The number of carbonyl (C=O) groups excluding carboxylic acids is 1. The standard InChI is InChI=1S/C29H26F2N4O3S2/c1-3-5-19-15-20(9-10-22(19)30)27-21(12-18-8-11-26(40(32)37)23(31)13-18)25(14-17-6-7-17)35(34-27)29-33-24(16-39-29)28(36)38-4-2/h8-11,13,15-17H,4,6-7,12,14,32H2,1-2H3. The molecule has 0 amide bonds. The number of ether oxygens (including phenoxy) is 1. The van der Waals surface area contributed by atoms with Gasteiger partial charge in [-0.25, -0.2) is 32.6 Å². The smallest absolute Gasteiger partial charge is 0.357 e. The maximum atomic E-state index is 14.7. The van der Waals surface area contributed by atoms with E-state index >= 15 is 0 Å². The van der Waals surface area contributed by atoms with Gasteiger partial charge in [-0.3, -0.25) is 0 Å². The van der Waals surface area contributed by atoms with Gasteiger partial charge in [-0.05, 0) is 74.9 Å². The van der Waals surface area contributed by atoms with Crippen molar-refractivity contribution in [2.24, 2.45) is 11.1 Å². The summed E-state index contributed by atoms with van der Waals surface area (Å²) in [6.07, 6.45) is 3.15. The van der Waals surface area contributed by atoms with E-state index in [9.17, 15) is 17.8 Å². The van der Waals surface area contributed by atoms with Crippen LogP contribution in [0, 0.1) is 29.4 Å². The summed E-state index contributed by atoms with van der Waals surface area (Å²) >= 11 is 1.26. The molecule has 0 spiro atoms. The van der Waals surface area contributed by atoms with Crippen molar-refractivity contribution in [3.63, 3.8) is 0 Å². The molecule has 1 atom stereocenters. The number of halogens is 2. The molecule has 1 aliphatic carbocycles. The molecule has 0 bridgehead atoms. The van der Waals surface area contributed by atoms with Crippen LogP contribution in [0.1, 0.15) is 59.6 Å². The van der Waals surface area contributed by atoms with Crippen LogP contribution in [-0.2, 0) is 28.6 Å². The number of aromatic nitrogens is 3. The number of rotatable bonds is 9. The topological polar surface area (TPSA) is 100 Å². The van der Waals surface area contributed by atoms with Gasteiger partial charge in [0.25, 0.3) is 0 Å². The second-order valence-electron chi connectivity index (χ2n) is 9.38. The predicted molar refractivity (Wildman–Crippen MR) is 149 cm³/mol. The Morgan fingerprint density at radius 3 is 2.70 bits per heavy atom. The maximum absolute atomic E-state index is 14.7. The lowest BCUT2D eigenvalue weighted by molar-refractivity contribution is 0.0520. The average molecular weight is 581 g/mol. The van der Waals surface area contributed by atoms with Crippen LogP contribution in [0.3, 0.4) is 0 Å². The van der Waals surface area contributed by atoms with E-state index in [2.05, 4.69) is 16.8 Å². The summed E-state index contributed by atoms with van der Waals surface area (Å²) in [5.41, 5.74) is 3.98. The zero-order valence-corrected chi connectivity index (χ0v) is 23.5. The van der Waals surface area contributed by atoms with Gasteiger partial charge in [0, 0.05) is 22.9 Å². The van der Waals surface area contributed by atoms with Crippen LogP contribution in [-0.4, -0.2) is 31.5 Å². The van der Waals surface area contributed by atoms with Gasteiger partial charge < -0.3 is 4.74 Å². The Morgan fingerprint density at radius 1 is 1.23 bits per heavy atom. The Morgan fingerprint density at radius 2 is 2.02 bits per heavy atom.